The molecule has 134 valence electrons. The molecule has 0 aliphatic rings. The SMILES string of the molecule is CN[C@@H](C)[C@@H](O)c1ccccc1.C[C@@H](N)[C@@H](O)c1ccccc1.Cl. The summed E-state index contributed by atoms with van der Waals surface area (Å²) in [5.74, 6) is 0. The van der Waals surface area contributed by atoms with Gasteiger partial charge in [-0.1, -0.05) is 60.7 Å². The molecule has 2 aromatic carbocycles. The van der Waals surface area contributed by atoms with Gasteiger partial charge in [0.2, 0.25) is 0 Å². The Morgan fingerprint density at radius 3 is 1.50 bits per heavy atom. The van der Waals surface area contributed by atoms with Gasteiger partial charge in [-0.3, -0.25) is 0 Å². The van der Waals surface area contributed by atoms with E-state index in [1.165, 1.54) is 0 Å². The molecule has 0 aliphatic heterocycles. The Labute approximate surface area is 151 Å². The van der Waals surface area contributed by atoms with E-state index < -0.39 is 12.2 Å². The first-order chi connectivity index (χ1) is 11.0. The lowest BCUT2D eigenvalue weighted by molar-refractivity contribution is 0.140. The topological polar surface area (TPSA) is 78.5 Å². The van der Waals surface area contributed by atoms with Crippen molar-refractivity contribution >= 4 is 12.4 Å². The zero-order chi connectivity index (χ0) is 17.2. The molecule has 2 aromatic rings. The van der Waals surface area contributed by atoms with E-state index in [-0.39, 0.29) is 24.5 Å². The van der Waals surface area contributed by atoms with Crippen LogP contribution >= 0.6 is 12.4 Å². The monoisotopic (exact) mass is 352 g/mol. The summed E-state index contributed by atoms with van der Waals surface area (Å²) in [6, 6.07) is 19.0. The average molecular weight is 353 g/mol. The van der Waals surface area contributed by atoms with Crippen molar-refractivity contribution in [1.82, 2.24) is 5.32 Å². The number of likely N-dealkylation sites (N-methyl/N-ethyl adjacent to an activating group) is 1. The molecule has 0 fully saturated rings. The van der Waals surface area contributed by atoms with Gasteiger partial charge in [-0.25, -0.2) is 0 Å². The van der Waals surface area contributed by atoms with Gasteiger partial charge in [-0.2, -0.15) is 0 Å². The number of nitrogens with two attached hydrogens (primary N) is 1. The second-order valence-corrected chi connectivity index (χ2v) is 5.65. The van der Waals surface area contributed by atoms with Crippen molar-refractivity contribution in [1.29, 1.82) is 0 Å². The number of halogens is 1. The number of hydrogen-bond acceptors (Lipinski definition) is 4. The highest BCUT2D eigenvalue weighted by molar-refractivity contribution is 5.85. The van der Waals surface area contributed by atoms with Gasteiger partial charge < -0.3 is 21.3 Å². The second-order valence-electron chi connectivity index (χ2n) is 5.65. The first kappa shape index (κ1) is 22.6. The van der Waals surface area contributed by atoms with E-state index in [4.69, 9.17) is 5.73 Å². The minimum atomic E-state index is -0.545. The molecule has 0 spiro atoms. The molecule has 0 radical (unpaired) electrons. The first-order valence-corrected chi connectivity index (χ1v) is 7.86. The predicted molar refractivity (Wildman–Crippen MR) is 102 cm³/mol. The van der Waals surface area contributed by atoms with Gasteiger partial charge in [0.15, 0.2) is 0 Å². The summed E-state index contributed by atoms with van der Waals surface area (Å²) < 4.78 is 0. The van der Waals surface area contributed by atoms with E-state index in [0.717, 1.165) is 11.1 Å². The van der Waals surface area contributed by atoms with Gasteiger partial charge in [0.25, 0.3) is 0 Å². The lowest BCUT2D eigenvalue weighted by Gasteiger charge is -2.17. The van der Waals surface area contributed by atoms with Gasteiger partial charge in [0, 0.05) is 12.1 Å². The van der Waals surface area contributed by atoms with Gasteiger partial charge in [0.05, 0.1) is 12.2 Å². The normalized spacial score (nSPS) is 15.1. The molecule has 0 aliphatic carbocycles. The van der Waals surface area contributed by atoms with Gasteiger partial charge in [-0.05, 0) is 32.0 Å². The third-order valence-electron chi connectivity index (χ3n) is 3.71. The summed E-state index contributed by atoms with van der Waals surface area (Å²) >= 11 is 0. The van der Waals surface area contributed by atoms with Crippen LogP contribution in [0.2, 0.25) is 0 Å². The van der Waals surface area contributed by atoms with Crippen molar-refractivity contribution < 1.29 is 10.2 Å². The number of rotatable bonds is 5. The largest absolute Gasteiger partial charge is 0.387 e. The van der Waals surface area contributed by atoms with E-state index >= 15 is 0 Å². The number of benzene rings is 2. The summed E-state index contributed by atoms with van der Waals surface area (Å²) in [7, 11) is 1.84. The highest BCUT2D eigenvalue weighted by Crippen LogP contribution is 2.15. The Hall–Kier alpha value is -1.43. The summed E-state index contributed by atoms with van der Waals surface area (Å²) in [4.78, 5) is 0. The molecule has 0 bridgehead atoms. The molecule has 5 heteroatoms. The van der Waals surface area contributed by atoms with E-state index in [1.54, 1.807) is 6.92 Å². The lowest BCUT2D eigenvalue weighted by Crippen LogP contribution is -2.28. The maximum Gasteiger partial charge on any atom is 0.0940 e. The summed E-state index contributed by atoms with van der Waals surface area (Å²) in [5, 5.41) is 22.2. The highest BCUT2D eigenvalue weighted by Gasteiger charge is 2.13. The van der Waals surface area contributed by atoms with Crippen LogP contribution in [0, 0.1) is 0 Å². The molecule has 4 nitrogen and oxygen atoms in total. The van der Waals surface area contributed by atoms with Crippen molar-refractivity contribution in [2.45, 2.75) is 38.1 Å². The van der Waals surface area contributed by atoms with Crippen molar-refractivity contribution in [2.24, 2.45) is 5.73 Å². The molecule has 0 unspecified atom stereocenters. The number of aliphatic hydroxyl groups is 2. The Bertz CT molecular complexity index is 538. The molecule has 0 amide bonds. The third-order valence-corrected chi connectivity index (χ3v) is 3.71. The number of aliphatic hydroxyl groups excluding tert-OH is 2. The van der Waals surface area contributed by atoms with Gasteiger partial charge in [0.1, 0.15) is 0 Å². The number of hydrogen-bond donors (Lipinski definition) is 4. The first-order valence-electron chi connectivity index (χ1n) is 7.86. The zero-order valence-electron chi connectivity index (χ0n) is 14.5. The van der Waals surface area contributed by atoms with Crippen LogP contribution in [0.4, 0.5) is 0 Å². The molecule has 2 rings (SSSR count). The average Bonchev–Trinajstić information content (AvgIpc) is 2.61. The number of nitrogens with one attached hydrogen (secondary N) is 1. The van der Waals surface area contributed by atoms with Crippen molar-refractivity contribution in [3.8, 4) is 0 Å². The summed E-state index contributed by atoms with van der Waals surface area (Å²) in [6.45, 7) is 3.75. The third kappa shape index (κ3) is 7.43. The fraction of sp³-hybridized carbons (Fsp3) is 0.368. The van der Waals surface area contributed by atoms with Crippen LogP contribution in [0.25, 0.3) is 0 Å². The summed E-state index contributed by atoms with van der Waals surface area (Å²) in [6.07, 6.45) is -0.965. The van der Waals surface area contributed by atoms with Crippen LogP contribution in [0.15, 0.2) is 60.7 Å². The smallest absolute Gasteiger partial charge is 0.0940 e. The van der Waals surface area contributed by atoms with Crippen LogP contribution in [0.3, 0.4) is 0 Å². The standard InChI is InChI=1S/C10H15NO.C9H13NO.ClH/c1-8(11-2)10(12)9-6-4-3-5-7-9;1-7(10)9(11)8-5-3-2-4-6-8;/h3-8,10-12H,1-2H3;2-7,9,11H,10H2,1H3;1H/t8-,10+;7-,9-;/m01./s1. The van der Waals surface area contributed by atoms with E-state index in [9.17, 15) is 10.2 Å². The van der Waals surface area contributed by atoms with E-state index in [0.29, 0.717) is 0 Å². The van der Waals surface area contributed by atoms with Crippen LogP contribution in [-0.2, 0) is 0 Å². The molecule has 0 saturated carbocycles. The molecule has 5 N–H and O–H groups in total. The maximum atomic E-state index is 9.73. The van der Waals surface area contributed by atoms with Crippen LogP contribution in [0.1, 0.15) is 37.2 Å². The van der Waals surface area contributed by atoms with E-state index in [1.807, 2.05) is 74.6 Å². The van der Waals surface area contributed by atoms with E-state index in [2.05, 4.69) is 5.32 Å². The zero-order valence-corrected chi connectivity index (χ0v) is 15.3. The molecular weight excluding hydrogens is 324 g/mol. The maximum absolute atomic E-state index is 9.73. The molecule has 0 heterocycles. The fourth-order valence-corrected chi connectivity index (χ4v) is 2.05. The predicted octanol–water partition coefficient (Wildman–Crippen LogP) is 2.82. The molecule has 0 aromatic heterocycles. The van der Waals surface area contributed by atoms with Crippen molar-refractivity contribution in [2.75, 3.05) is 7.05 Å². The quantitative estimate of drug-likeness (QED) is 0.667. The Balaban J connectivity index is 0.000000425. The lowest BCUT2D eigenvalue weighted by atomic mass is 10.0. The minimum Gasteiger partial charge on any atom is -0.387 e. The Morgan fingerprint density at radius 1 is 0.792 bits per heavy atom. The molecule has 0 saturated heterocycles. The van der Waals surface area contributed by atoms with Crippen LogP contribution in [0.5, 0.6) is 0 Å². The fourth-order valence-electron chi connectivity index (χ4n) is 2.05. The molecular formula is C19H29ClN2O2. The van der Waals surface area contributed by atoms with Crippen molar-refractivity contribution in [3.63, 3.8) is 0 Å². The second kappa shape index (κ2) is 12.0. The Morgan fingerprint density at radius 2 is 1.17 bits per heavy atom. The van der Waals surface area contributed by atoms with Gasteiger partial charge >= 0.3 is 0 Å². The van der Waals surface area contributed by atoms with Crippen molar-refractivity contribution in [3.05, 3.63) is 71.8 Å². The Kier molecular flexibility index (Phi) is 11.3. The summed E-state index contributed by atoms with van der Waals surface area (Å²) in [5.41, 5.74) is 7.35. The molecule has 24 heavy (non-hydrogen) atoms. The highest BCUT2D eigenvalue weighted by atomic mass is 35.5. The minimum absolute atomic E-state index is 0. The van der Waals surface area contributed by atoms with Crippen LogP contribution < -0.4 is 11.1 Å². The van der Waals surface area contributed by atoms with Gasteiger partial charge in [-0.15, -0.1) is 12.4 Å². The van der Waals surface area contributed by atoms with Crippen LogP contribution in [-0.4, -0.2) is 29.3 Å². The molecule has 4 atom stereocenters.